The Labute approximate surface area is 248 Å². The number of halogens is 2. The highest BCUT2D eigenvalue weighted by Crippen LogP contribution is 2.33. The van der Waals surface area contributed by atoms with Gasteiger partial charge in [-0.25, -0.2) is 9.79 Å². The van der Waals surface area contributed by atoms with Crippen LogP contribution in [0.2, 0.25) is 10.0 Å². The molecule has 1 aromatic heterocycles. The van der Waals surface area contributed by atoms with Gasteiger partial charge in [-0.1, -0.05) is 41.4 Å². The van der Waals surface area contributed by atoms with E-state index in [1.165, 1.54) is 24.3 Å². The number of benzene rings is 3. The third kappa shape index (κ3) is 7.33. The van der Waals surface area contributed by atoms with Gasteiger partial charge in [0.05, 0.1) is 39.6 Å². The first kappa shape index (κ1) is 29.8. The van der Waals surface area contributed by atoms with Gasteiger partial charge in [0.2, 0.25) is 5.91 Å². The third-order valence-electron chi connectivity index (χ3n) is 5.93. The van der Waals surface area contributed by atoms with Crippen LogP contribution in [0.3, 0.4) is 0 Å². The Morgan fingerprint density at radius 3 is 2.38 bits per heavy atom. The molecular formula is C27H24Cl2N8O5. The molecule has 0 bridgehead atoms. The van der Waals surface area contributed by atoms with Crippen molar-refractivity contribution in [1.29, 1.82) is 0 Å². The second-order valence-corrected chi connectivity index (χ2v) is 9.74. The van der Waals surface area contributed by atoms with Crippen LogP contribution in [-0.2, 0) is 9.59 Å². The number of aromatic nitrogens is 2. The standard InChI is InChI=1S/C27H24Cl2N8O5/c28-18-7-16(13-4-5-15-10-34-37-20(15)9-13)8-19(29)23(18)25(40)36-21(26(41)42)11-32-22(38)12-33-24(39)14-2-1-3-17(6-14)35-27(30)31/h1-10,21H,11-12H2,(H,32,38)(H,33,39)(H,34,37)(H,36,40)(H,41,42)(H4,30,31,35)/t21-/m0/s1. The zero-order valence-electron chi connectivity index (χ0n) is 21.7. The maximum atomic E-state index is 12.9. The summed E-state index contributed by atoms with van der Waals surface area (Å²) >= 11 is 12.8. The average molecular weight is 611 g/mol. The topological polar surface area (TPSA) is 218 Å². The minimum absolute atomic E-state index is 0.000460. The van der Waals surface area contributed by atoms with E-state index in [9.17, 15) is 24.3 Å². The lowest BCUT2D eigenvalue weighted by Gasteiger charge is -2.17. The minimum atomic E-state index is -1.52. The Hall–Kier alpha value is -5.14. The van der Waals surface area contributed by atoms with Crippen molar-refractivity contribution < 1.29 is 24.3 Å². The molecule has 0 aliphatic rings. The van der Waals surface area contributed by atoms with E-state index >= 15 is 0 Å². The van der Waals surface area contributed by atoms with Crippen molar-refractivity contribution in [3.8, 4) is 11.1 Å². The molecule has 13 nitrogen and oxygen atoms in total. The molecule has 15 heteroatoms. The van der Waals surface area contributed by atoms with Crippen molar-refractivity contribution in [3.05, 3.63) is 82.0 Å². The summed E-state index contributed by atoms with van der Waals surface area (Å²) in [5.74, 6) is -3.73. The highest BCUT2D eigenvalue weighted by molar-refractivity contribution is 6.40. The molecule has 4 rings (SSSR count). The number of aliphatic imine (C=N–C) groups is 1. The number of aromatic amines is 1. The molecule has 0 aliphatic heterocycles. The number of carboxylic acid groups (broad SMARTS) is 1. The highest BCUT2D eigenvalue weighted by atomic mass is 35.5. The lowest BCUT2D eigenvalue weighted by Crippen LogP contribution is -2.50. The van der Waals surface area contributed by atoms with E-state index in [1.807, 2.05) is 18.2 Å². The van der Waals surface area contributed by atoms with Gasteiger partial charge in [0.15, 0.2) is 5.96 Å². The van der Waals surface area contributed by atoms with E-state index in [-0.39, 0.29) is 27.1 Å². The van der Waals surface area contributed by atoms with Gasteiger partial charge in [0.1, 0.15) is 6.04 Å². The maximum Gasteiger partial charge on any atom is 0.328 e. The number of nitrogens with zero attached hydrogens (tertiary/aromatic N) is 2. The molecule has 0 radical (unpaired) electrons. The first-order valence-electron chi connectivity index (χ1n) is 12.2. The summed E-state index contributed by atoms with van der Waals surface area (Å²) < 4.78 is 0. The number of amides is 3. The SMILES string of the molecule is NC(N)=Nc1cccc(C(=O)NCC(=O)NC[C@H](NC(=O)c2c(Cl)cc(-c3ccc4cn[nH]c4c3)cc2Cl)C(=O)O)c1. The monoisotopic (exact) mass is 610 g/mol. The Kier molecular flexibility index (Phi) is 9.25. The molecule has 1 atom stereocenters. The average Bonchev–Trinajstić information content (AvgIpc) is 3.41. The summed E-state index contributed by atoms with van der Waals surface area (Å²) in [6.45, 7) is -0.942. The van der Waals surface area contributed by atoms with Crippen LogP contribution >= 0.6 is 23.2 Å². The van der Waals surface area contributed by atoms with Gasteiger partial charge < -0.3 is 32.5 Å². The van der Waals surface area contributed by atoms with Crippen LogP contribution in [0.15, 0.2) is 65.8 Å². The molecule has 9 N–H and O–H groups in total. The normalized spacial score (nSPS) is 11.4. The number of nitrogens with one attached hydrogen (secondary N) is 4. The fourth-order valence-corrected chi connectivity index (χ4v) is 4.57. The molecule has 42 heavy (non-hydrogen) atoms. The van der Waals surface area contributed by atoms with Gasteiger partial charge in [0, 0.05) is 17.5 Å². The highest BCUT2D eigenvalue weighted by Gasteiger charge is 2.25. The van der Waals surface area contributed by atoms with Gasteiger partial charge in [0.25, 0.3) is 11.8 Å². The Morgan fingerprint density at radius 1 is 0.952 bits per heavy atom. The van der Waals surface area contributed by atoms with Crippen molar-refractivity contribution >= 4 is 69.4 Å². The smallest absolute Gasteiger partial charge is 0.328 e. The summed E-state index contributed by atoms with van der Waals surface area (Å²) in [5, 5.41) is 24.4. The first-order chi connectivity index (χ1) is 20.0. The molecule has 0 fully saturated rings. The van der Waals surface area contributed by atoms with Crippen molar-refractivity contribution in [2.24, 2.45) is 16.5 Å². The first-order valence-corrected chi connectivity index (χ1v) is 13.0. The lowest BCUT2D eigenvalue weighted by molar-refractivity contribution is -0.139. The van der Waals surface area contributed by atoms with Crippen LogP contribution in [0.4, 0.5) is 5.69 Å². The largest absolute Gasteiger partial charge is 0.480 e. The second kappa shape index (κ2) is 13.0. The van der Waals surface area contributed by atoms with Crippen LogP contribution < -0.4 is 27.4 Å². The quantitative estimate of drug-likeness (QED) is 0.104. The summed E-state index contributed by atoms with van der Waals surface area (Å²) in [5.41, 5.74) is 13.3. The molecular weight excluding hydrogens is 587 g/mol. The van der Waals surface area contributed by atoms with Crippen molar-refractivity contribution in [2.45, 2.75) is 6.04 Å². The van der Waals surface area contributed by atoms with Crippen LogP contribution in [-0.4, -0.2) is 64.1 Å². The number of rotatable bonds is 10. The molecule has 3 amide bonds. The van der Waals surface area contributed by atoms with E-state index < -0.39 is 42.8 Å². The van der Waals surface area contributed by atoms with Gasteiger partial charge in [-0.2, -0.15) is 5.10 Å². The second-order valence-electron chi connectivity index (χ2n) is 8.92. The predicted molar refractivity (Wildman–Crippen MR) is 158 cm³/mol. The molecule has 0 saturated heterocycles. The van der Waals surface area contributed by atoms with Gasteiger partial charge in [-0.3, -0.25) is 19.5 Å². The van der Waals surface area contributed by atoms with Crippen molar-refractivity contribution in [3.63, 3.8) is 0 Å². The molecule has 1 heterocycles. The van der Waals surface area contributed by atoms with Crippen LogP contribution in [0.25, 0.3) is 22.0 Å². The minimum Gasteiger partial charge on any atom is -0.480 e. The molecule has 0 unspecified atom stereocenters. The fraction of sp³-hybridized carbons (Fsp3) is 0.111. The Morgan fingerprint density at radius 2 is 1.69 bits per heavy atom. The van der Waals surface area contributed by atoms with Crippen LogP contribution in [0.5, 0.6) is 0 Å². The van der Waals surface area contributed by atoms with Gasteiger partial charge in [-0.15, -0.1) is 0 Å². The number of carboxylic acids is 1. The van der Waals surface area contributed by atoms with Crippen molar-refractivity contribution in [1.82, 2.24) is 26.1 Å². The number of hydrogen-bond acceptors (Lipinski definition) is 6. The number of nitrogens with two attached hydrogens (primary N) is 2. The number of fused-ring (bicyclic) bond motifs is 1. The number of aliphatic carboxylic acids is 1. The number of carbonyl (C=O) groups excluding carboxylic acids is 3. The van der Waals surface area contributed by atoms with E-state index in [4.69, 9.17) is 34.7 Å². The van der Waals surface area contributed by atoms with Crippen LogP contribution in [0.1, 0.15) is 20.7 Å². The summed E-state index contributed by atoms with van der Waals surface area (Å²) in [6, 6.07) is 13.2. The third-order valence-corrected chi connectivity index (χ3v) is 6.52. The van der Waals surface area contributed by atoms with Gasteiger partial charge >= 0.3 is 5.97 Å². The van der Waals surface area contributed by atoms with E-state index in [0.29, 0.717) is 11.3 Å². The zero-order chi connectivity index (χ0) is 30.4. The summed E-state index contributed by atoms with van der Waals surface area (Å²) in [6.07, 6.45) is 1.68. The predicted octanol–water partition coefficient (Wildman–Crippen LogP) is 2.17. The fourth-order valence-electron chi connectivity index (χ4n) is 3.91. The number of hydrogen-bond donors (Lipinski definition) is 7. The van der Waals surface area contributed by atoms with E-state index in [0.717, 1.165) is 16.5 Å². The molecule has 3 aromatic carbocycles. The molecule has 0 aliphatic carbocycles. The maximum absolute atomic E-state index is 12.9. The molecule has 4 aromatic rings. The zero-order valence-corrected chi connectivity index (χ0v) is 23.2. The van der Waals surface area contributed by atoms with E-state index in [1.54, 1.807) is 18.3 Å². The number of carbonyl (C=O) groups is 4. The van der Waals surface area contributed by atoms with E-state index in [2.05, 4.69) is 31.1 Å². The molecule has 216 valence electrons. The van der Waals surface area contributed by atoms with Crippen LogP contribution in [0, 0.1) is 0 Å². The van der Waals surface area contributed by atoms with Gasteiger partial charge in [-0.05, 0) is 47.5 Å². The summed E-state index contributed by atoms with van der Waals surface area (Å²) in [7, 11) is 0. The van der Waals surface area contributed by atoms with Crippen molar-refractivity contribution in [2.75, 3.05) is 13.1 Å². The Balaban J connectivity index is 1.36. The lowest BCUT2D eigenvalue weighted by atomic mass is 10.0. The Bertz CT molecular complexity index is 1690. The molecule has 0 saturated carbocycles. The summed E-state index contributed by atoms with van der Waals surface area (Å²) in [4.78, 5) is 53.3. The molecule has 0 spiro atoms. The number of H-pyrrole nitrogens is 1. The number of guanidine groups is 1.